The summed E-state index contributed by atoms with van der Waals surface area (Å²) in [7, 11) is 0. The zero-order chi connectivity index (χ0) is 13.2. The number of benzene rings is 1. The maximum Gasteiger partial charge on any atom is 0.264 e. The molecule has 5 nitrogen and oxygen atoms in total. The van der Waals surface area contributed by atoms with Crippen LogP contribution in [0.15, 0.2) is 24.3 Å². The Bertz CT molecular complexity index is 474. The van der Waals surface area contributed by atoms with E-state index in [0.29, 0.717) is 24.0 Å². The van der Waals surface area contributed by atoms with Crippen LogP contribution in [0.5, 0.6) is 11.5 Å². The van der Waals surface area contributed by atoms with Crippen LogP contribution >= 0.6 is 0 Å². The summed E-state index contributed by atoms with van der Waals surface area (Å²) in [6, 6.07) is 7.43. The molecule has 2 atom stereocenters. The summed E-state index contributed by atoms with van der Waals surface area (Å²) in [4.78, 5) is 12.1. The minimum atomic E-state index is -0.595. The van der Waals surface area contributed by atoms with Crippen molar-refractivity contribution in [3.05, 3.63) is 24.3 Å². The molecule has 1 aliphatic carbocycles. The number of hydrogen-bond acceptors (Lipinski definition) is 4. The van der Waals surface area contributed by atoms with Gasteiger partial charge in [-0.05, 0) is 30.9 Å². The lowest BCUT2D eigenvalue weighted by Crippen LogP contribution is -2.50. The van der Waals surface area contributed by atoms with E-state index in [1.54, 1.807) is 6.07 Å². The minimum absolute atomic E-state index is 0.0632. The molecule has 102 valence electrons. The van der Waals surface area contributed by atoms with Crippen molar-refractivity contribution in [2.75, 3.05) is 13.2 Å². The highest BCUT2D eigenvalue weighted by Crippen LogP contribution is 2.33. The predicted molar refractivity (Wildman–Crippen MR) is 70.1 cm³/mol. The number of nitrogens with two attached hydrogens (primary N) is 1. The van der Waals surface area contributed by atoms with Crippen LogP contribution in [0.2, 0.25) is 0 Å². The lowest BCUT2D eigenvalue weighted by Gasteiger charge is -2.27. The van der Waals surface area contributed by atoms with Gasteiger partial charge in [-0.3, -0.25) is 4.79 Å². The van der Waals surface area contributed by atoms with Crippen LogP contribution in [0.1, 0.15) is 12.8 Å². The molecule has 1 saturated carbocycles. The molecule has 2 unspecified atom stereocenters. The first-order valence-electron chi connectivity index (χ1n) is 6.67. The average molecular weight is 262 g/mol. The number of para-hydroxylation sites is 2. The Morgan fingerprint density at radius 2 is 2.11 bits per heavy atom. The van der Waals surface area contributed by atoms with Crippen LogP contribution in [0.3, 0.4) is 0 Å². The molecular formula is C14H18N2O3. The van der Waals surface area contributed by atoms with E-state index in [-0.39, 0.29) is 18.6 Å². The Morgan fingerprint density at radius 3 is 2.79 bits per heavy atom. The fraction of sp³-hybridized carbons (Fsp3) is 0.500. The van der Waals surface area contributed by atoms with E-state index in [9.17, 15) is 4.79 Å². The van der Waals surface area contributed by atoms with Gasteiger partial charge in [-0.25, -0.2) is 0 Å². The van der Waals surface area contributed by atoms with Gasteiger partial charge in [0.25, 0.3) is 5.91 Å². The van der Waals surface area contributed by atoms with E-state index in [2.05, 4.69) is 5.32 Å². The summed E-state index contributed by atoms with van der Waals surface area (Å²) in [5.74, 6) is 1.69. The second kappa shape index (κ2) is 5.09. The van der Waals surface area contributed by atoms with E-state index in [4.69, 9.17) is 15.2 Å². The SMILES string of the molecule is NCC(NC(=O)C1COc2ccccc2O1)C1CC1. The Morgan fingerprint density at radius 1 is 1.37 bits per heavy atom. The molecule has 1 heterocycles. The molecule has 5 heteroatoms. The first-order valence-corrected chi connectivity index (χ1v) is 6.67. The van der Waals surface area contributed by atoms with Crippen molar-refractivity contribution in [3.8, 4) is 11.5 Å². The highest BCUT2D eigenvalue weighted by Gasteiger charge is 2.34. The number of amides is 1. The van der Waals surface area contributed by atoms with Gasteiger partial charge in [0, 0.05) is 12.6 Å². The van der Waals surface area contributed by atoms with E-state index in [1.807, 2.05) is 18.2 Å². The van der Waals surface area contributed by atoms with Crippen molar-refractivity contribution >= 4 is 5.91 Å². The minimum Gasteiger partial charge on any atom is -0.485 e. The Hall–Kier alpha value is -1.75. The second-order valence-corrected chi connectivity index (χ2v) is 5.05. The molecule has 1 fully saturated rings. The van der Waals surface area contributed by atoms with Crippen molar-refractivity contribution < 1.29 is 14.3 Å². The van der Waals surface area contributed by atoms with Crippen LogP contribution < -0.4 is 20.5 Å². The monoisotopic (exact) mass is 262 g/mol. The molecule has 0 aromatic heterocycles. The van der Waals surface area contributed by atoms with Gasteiger partial charge in [-0.1, -0.05) is 12.1 Å². The maximum atomic E-state index is 12.1. The van der Waals surface area contributed by atoms with Gasteiger partial charge in [-0.15, -0.1) is 0 Å². The molecule has 0 spiro atoms. The van der Waals surface area contributed by atoms with Crippen LogP contribution in [-0.4, -0.2) is 31.2 Å². The molecule has 1 amide bonds. The van der Waals surface area contributed by atoms with Gasteiger partial charge < -0.3 is 20.5 Å². The van der Waals surface area contributed by atoms with Gasteiger partial charge in [0.05, 0.1) is 0 Å². The van der Waals surface area contributed by atoms with E-state index < -0.39 is 6.10 Å². The van der Waals surface area contributed by atoms with Crippen molar-refractivity contribution in [2.24, 2.45) is 11.7 Å². The fourth-order valence-corrected chi connectivity index (χ4v) is 2.29. The highest BCUT2D eigenvalue weighted by atomic mass is 16.6. The van der Waals surface area contributed by atoms with Gasteiger partial charge in [0.2, 0.25) is 6.10 Å². The van der Waals surface area contributed by atoms with Crippen molar-refractivity contribution in [1.29, 1.82) is 0 Å². The van der Waals surface area contributed by atoms with Gasteiger partial charge in [0.15, 0.2) is 11.5 Å². The molecule has 1 aliphatic heterocycles. The fourth-order valence-electron chi connectivity index (χ4n) is 2.29. The summed E-state index contributed by atoms with van der Waals surface area (Å²) < 4.78 is 11.2. The average Bonchev–Trinajstić information content (AvgIpc) is 3.28. The third kappa shape index (κ3) is 2.66. The van der Waals surface area contributed by atoms with Crippen LogP contribution in [0, 0.1) is 5.92 Å². The lowest BCUT2D eigenvalue weighted by molar-refractivity contribution is -0.131. The van der Waals surface area contributed by atoms with Crippen LogP contribution in [0.4, 0.5) is 0 Å². The highest BCUT2D eigenvalue weighted by molar-refractivity contribution is 5.82. The van der Waals surface area contributed by atoms with E-state index in [0.717, 1.165) is 12.8 Å². The summed E-state index contributed by atoms with van der Waals surface area (Å²) >= 11 is 0. The van der Waals surface area contributed by atoms with Crippen molar-refractivity contribution in [3.63, 3.8) is 0 Å². The standard InChI is InChI=1S/C14H18N2O3/c15-7-10(9-5-6-9)16-14(17)13-8-18-11-3-1-2-4-12(11)19-13/h1-4,9-10,13H,5-8,15H2,(H,16,17). The zero-order valence-corrected chi connectivity index (χ0v) is 10.7. The summed E-state index contributed by atoms with van der Waals surface area (Å²) in [5, 5.41) is 2.96. The van der Waals surface area contributed by atoms with Crippen molar-refractivity contribution in [2.45, 2.75) is 25.0 Å². The lowest BCUT2D eigenvalue weighted by atomic mass is 10.1. The first kappa shape index (κ1) is 12.3. The summed E-state index contributed by atoms with van der Waals surface area (Å²) in [5.41, 5.74) is 5.68. The van der Waals surface area contributed by atoms with E-state index in [1.165, 1.54) is 0 Å². The normalized spacial score (nSPS) is 22.7. The summed E-state index contributed by atoms with van der Waals surface area (Å²) in [6.07, 6.45) is 1.70. The third-order valence-electron chi connectivity index (χ3n) is 3.57. The third-order valence-corrected chi connectivity index (χ3v) is 3.57. The first-order chi connectivity index (χ1) is 9.28. The zero-order valence-electron chi connectivity index (χ0n) is 10.7. The Kier molecular flexibility index (Phi) is 3.29. The molecule has 2 aliphatic rings. The smallest absolute Gasteiger partial charge is 0.264 e. The van der Waals surface area contributed by atoms with Gasteiger partial charge >= 0.3 is 0 Å². The molecule has 0 saturated heterocycles. The Balaban J connectivity index is 1.62. The number of ether oxygens (including phenoxy) is 2. The van der Waals surface area contributed by atoms with E-state index >= 15 is 0 Å². The molecule has 1 aromatic carbocycles. The molecule has 1 aromatic rings. The number of fused-ring (bicyclic) bond motifs is 1. The van der Waals surface area contributed by atoms with Crippen LogP contribution in [-0.2, 0) is 4.79 Å². The Labute approximate surface area is 112 Å². The molecular weight excluding hydrogens is 244 g/mol. The molecule has 0 radical (unpaired) electrons. The molecule has 0 bridgehead atoms. The van der Waals surface area contributed by atoms with Gasteiger partial charge in [0.1, 0.15) is 6.61 Å². The van der Waals surface area contributed by atoms with Crippen LogP contribution in [0.25, 0.3) is 0 Å². The largest absolute Gasteiger partial charge is 0.485 e. The second-order valence-electron chi connectivity index (χ2n) is 5.05. The maximum absolute atomic E-state index is 12.1. The topological polar surface area (TPSA) is 73.6 Å². The number of carbonyl (C=O) groups excluding carboxylic acids is 1. The summed E-state index contributed by atoms with van der Waals surface area (Å²) in [6.45, 7) is 0.714. The molecule has 19 heavy (non-hydrogen) atoms. The van der Waals surface area contributed by atoms with Crippen molar-refractivity contribution in [1.82, 2.24) is 5.32 Å². The number of rotatable bonds is 4. The predicted octanol–water partition coefficient (Wildman–Crippen LogP) is 0.680. The number of carbonyl (C=O) groups is 1. The number of hydrogen-bond donors (Lipinski definition) is 2. The number of nitrogens with one attached hydrogen (secondary N) is 1. The van der Waals surface area contributed by atoms with Gasteiger partial charge in [-0.2, -0.15) is 0 Å². The molecule has 3 rings (SSSR count). The quantitative estimate of drug-likeness (QED) is 0.837. The molecule has 3 N–H and O–H groups in total.